The fourth-order valence-electron chi connectivity index (χ4n) is 4.25. The third kappa shape index (κ3) is 5.20. The van der Waals surface area contributed by atoms with Crippen molar-refractivity contribution >= 4 is 29.1 Å². The Morgan fingerprint density at radius 3 is 2.24 bits per heavy atom. The van der Waals surface area contributed by atoms with E-state index in [1.54, 1.807) is 54.6 Å². The average Bonchev–Trinajstić information content (AvgIpc) is 3.57. The van der Waals surface area contributed by atoms with Crippen LogP contribution in [0.25, 0.3) is 0 Å². The van der Waals surface area contributed by atoms with Crippen LogP contribution < -0.4 is 19.7 Å². The van der Waals surface area contributed by atoms with Crippen LogP contribution in [0.4, 0.5) is 5.69 Å². The van der Waals surface area contributed by atoms with Crippen molar-refractivity contribution in [2.75, 3.05) is 19.1 Å². The number of carbonyl (C=O) groups excluding carboxylic acids is 2. The highest BCUT2D eigenvalue weighted by Crippen LogP contribution is 2.36. The normalized spacial score (nSPS) is 14.4. The van der Waals surface area contributed by atoms with Gasteiger partial charge < -0.3 is 19.2 Å². The van der Waals surface area contributed by atoms with Gasteiger partial charge in [0, 0.05) is 29.3 Å². The highest BCUT2D eigenvalue weighted by atomic mass is 35.5. The summed E-state index contributed by atoms with van der Waals surface area (Å²) in [5.74, 6) is 0.322. The van der Waals surface area contributed by atoms with E-state index in [1.165, 1.54) is 25.4 Å². The molecule has 2 amide bonds. The van der Waals surface area contributed by atoms with Crippen molar-refractivity contribution in [3.05, 3.63) is 77.2 Å². The minimum absolute atomic E-state index is 0.0720. The molecule has 34 heavy (non-hydrogen) atoms. The molecule has 0 bridgehead atoms. The third-order valence-corrected chi connectivity index (χ3v) is 6.21. The Morgan fingerprint density at radius 1 is 1.03 bits per heavy atom. The molecule has 4 rings (SSSR count). The summed E-state index contributed by atoms with van der Waals surface area (Å²) >= 11 is 6.12. The van der Waals surface area contributed by atoms with Crippen molar-refractivity contribution in [1.29, 1.82) is 0 Å². The average molecular weight is 483 g/mol. The first-order valence-corrected chi connectivity index (χ1v) is 11.5. The number of amides is 2. The number of halogens is 1. The zero-order valence-electron chi connectivity index (χ0n) is 19.1. The first-order chi connectivity index (χ1) is 16.5. The summed E-state index contributed by atoms with van der Waals surface area (Å²) in [6, 6.07) is 14.3. The monoisotopic (exact) mass is 482 g/mol. The maximum absolute atomic E-state index is 13.8. The largest absolute Gasteiger partial charge is 0.497 e. The SMILES string of the molecule is COc1cc(OC)cc(N(C(=O)c2ccco2)C(C(=O)NC2CCCC2)c2ccc(Cl)cc2)c1. The molecule has 0 radical (unpaired) electrons. The van der Waals surface area contributed by atoms with Gasteiger partial charge in [0.1, 0.15) is 17.5 Å². The number of benzene rings is 2. The quantitative estimate of drug-likeness (QED) is 0.465. The Labute approximate surface area is 203 Å². The Bertz CT molecular complexity index is 1100. The molecule has 7 nitrogen and oxygen atoms in total. The molecule has 1 aliphatic rings. The molecule has 1 atom stereocenters. The summed E-state index contributed by atoms with van der Waals surface area (Å²) in [7, 11) is 3.06. The molecule has 0 saturated heterocycles. The van der Waals surface area contributed by atoms with Gasteiger partial charge in [-0.2, -0.15) is 0 Å². The highest BCUT2D eigenvalue weighted by Gasteiger charge is 2.36. The van der Waals surface area contributed by atoms with Crippen LogP contribution in [-0.4, -0.2) is 32.1 Å². The number of hydrogen-bond acceptors (Lipinski definition) is 5. The lowest BCUT2D eigenvalue weighted by Gasteiger charge is -2.32. The first kappa shape index (κ1) is 23.7. The summed E-state index contributed by atoms with van der Waals surface area (Å²) in [4.78, 5) is 28.9. The van der Waals surface area contributed by atoms with Gasteiger partial charge in [-0.1, -0.05) is 36.6 Å². The summed E-state index contributed by atoms with van der Waals surface area (Å²) in [6.07, 6.45) is 5.39. The van der Waals surface area contributed by atoms with E-state index in [4.69, 9.17) is 25.5 Å². The van der Waals surface area contributed by atoms with Crippen molar-refractivity contribution in [1.82, 2.24) is 5.32 Å². The molecule has 1 aliphatic carbocycles. The third-order valence-electron chi connectivity index (χ3n) is 5.96. The number of rotatable bonds is 8. The number of methoxy groups -OCH3 is 2. The lowest BCUT2D eigenvalue weighted by atomic mass is 10.0. The number of furan rings is 1. The lowest BCUT2D eigenvalue weighted by Crippen LogP contribution is -2.46. The Morgan fingerprint density at radius 2 is 1.68 bits per heavy atom. The van der Waals surface area contributed by atoms with Crippen LogP contribution in [0, 0.1) is 0 Å². The van der Waals surface area contributed by atoms with E-state index in [9.17, 15) is 9.59 Å². The summed E-state index contributed by atoms with van der Waals surface area (Å²) in [6.45, 7) is 0. The van der Waals surface area contributed by atoms with Crippen LogP contribution in [0.3, 0.4) is 0 Å². The number of carbonyl (C=O) groups is 2. The fourth-order valence-corrected chi connectivity index (χ4v) is 4.37. The predicted octanol–water partition coefficient (Wildman–Crippen LogP) is 5.40. The van der Waals surface area contributed by atoms with E-state index in [-0.39, 0.29) is 17.7 Å². The van der Waals surface area contributed by atoms with E-state index >= 15 is 0 Å². The molecule has 3 aromatic rings. The molecular weight excluding hydrogens is 456 g/mol. The van der Waals surface area contributed by atoms with Crippen molar-refractivity contribution in [2.45, 2.75) is 37.8 Å². The molecule has 1 unspecified atom stereocenters. The van der Waals surface area contributed by atoms with Gasteiger partial charge in [0.2, 0.25) is 5.91 Å². The topological polar surface area (TPSA) is 81.0 Å². The van der Waals surface area contributed by atoms with Crippen molar-refractivity contribution in [2.24, 2.45) is 0 Å². The van der Waals surface area contributed by atoms with Gasteiger partial charge in [-0.25, -0.2) is 0 Å². The summed E-state index contributed by atoms with van der Waals surface area (Å²) in [5, 5.41) is 3.67. The van der Waals surface area contributed by atoms with E-state index in [0.717, 1.165) is 25.7 Å². The van der Waals surface area contributed by atoms with Crippen molar-refractivity contribution in [3.63, 3.8) is 0 Å². The number of anilines is 1. The Balaban J connectivity index is 1.85. The second-order valence-corrected chi connectivity index (χ2v) is 8.60. The minimum atomic E-state index is -0.979. The molecule has 1 fully saturated rings. The van der Waals surface area contributed by atoms with E-state index < -0.39 is 11.9 Å². The number of ether oxygens (including phenoxy) is 2. The van der Waals surface area contributed by atoms with Crippen LogP contribution >= 0.6 is 11.6 Å². The molecule has 8 heteroatoms. The standard InChI is InChI=1S/C26H27ClN2O5/c1-32-21-14-20(15-22(16-21)33-2)29(26(31)23-8-5-13-34-23)24(17-9-11-18(27)12-10-17)25(30)28-19-6-3-4-7-19/h5,8-16,19,24H,3-4,6-7H2,1-2H3,(H,28,30). The molecule has 2 aromatic carbocycles. The van der Waals surface area contributed by atoms with Gasteiger partial charge in [0.05, 0.1) is 26.2 Å². The number of hydrogen-bond donors (Lipinski definition) is 1. The second kappa shape index (κ2) is 10.7. The number of nitrogens with zero attached hydrogens (tertiary/aromatic N) is 1. The van der Waals surface area contributed by atoms with Crippen LogP contribution in [0.1, 0.15) is 47.8 Å². The van der Waals surface area contributed by atoms with Gasteiger partial charge in [-0.15, -0.1) is 0 Å². The molecule has 1 N–H and O–H groups in total. The Kier molecular flexibility index (Phi) is 7.43. The predicted molar refractivity (Wildman–Crippen MR) is 130 cm³/mol. The van der Waals surface area contributed by atoms with Gasteiger partial charge in [0.15, 0.2) is 5.76 Å². The molecule has 0 aliphatic heterocycles. The fraction of sp³-hybridized carbons (Fsp3) is 0.308. The van der Waals surface area contributed by atoms with Gasteiger partial charge in [0.25, 0.3) is 5.91 Å². The van der Waals surface area contributed by atoms with Crippen LogP contribution in [-0.2, 0) is 4.79 Å². The van der Waals surface area contributed by atoms with Crippen LogP contribution in [0.2, 0.25) is 5.02 Å². The minimum Gasteiger partial charge on any atom is -0.497 e. The zero-order chi connectivity index (χ0) is 24.1. The van der Waals surface area contributed by atoms with Crippen LogP contribution in [0.5, 0.6) is 11.5 Å². The van der Waals surface area contributed by atoms with E-state index in [1.807, 2.05) is 0 Å². The smallest absolute Gasteiger partial charge is 0.294 e. The van der Waals surface area contributed by atoms with Gasteiger partial charge in [-0.05, 0) is 42.7 Å². The molecule has 0 spiro atoms. The molecule has 1 heterocycles. The van der Waals surface area contributed by atoms with Gasteiger partial charge in [-0.3, -0.25) is 14.5 Å². The molecular formula is C26H27ClN2O5. The maximum Gasteiger partial charge on any atom is 0.294 e. The highest BCUT2D eigenvalue weighted by molar-refractivity contribution is 6.30. The lowest BCUT2D eigenvalue weighted by molar-refractivity contribution is -0.123. The van der Waals surface area contributed by atoms with E-state index in [2.05, 4.69) is 5.32 Å². The zero-order valence-corrected chi connectivity index (χ0v) is 19.9. The van der Waals surface area contributed by atoms with E-state index in [0.29, 0.717) is 27.8 Å². The molecule has 1 saturated carbocycles. The second-order valence-electron chi connectivity index (χ2n) is 8.17. The van der Waals surface area contributed by atoms with Crippen molar-refractivity contribution < 1.29 is 23.5 Å². The summed E-state index contributed by atoms with van der Waals surface area (Å²) in [5.41, 5.74) is 1.04. The first-order valence-electron chi connectivity index (χ1n) is 11.2. The maximum atomic E-state index is 13.8. The molecule has 1 aromatic heterocycles. The number of nitrogens with one attached hydrogen (secondary N) is 1. The van der Waals surface area contributed by atoms with Crippen LogP contribution in [0.15, 0.2) is 65.3 Å². The van der Waals surface area contributed by atoms with Crippen molar-refractivity contribution in [3.8, 4) is 11.5 Å². The summed E-state index contributed by atoms with van der Waals surface area (Å²) < 4.78 is 16.3. The van der Waals surface area contributed by atoms with Gasteiger partial charge >= 0.3 is 0 Å². The molecule has 178 valence electrons. The Hall–Kier alpha value is -3.45.